The quantitative estimate of drug-likeness (QED) is 0.680. The van der Waals surface area contributed by atoms with E-state index in [1.165, 1.54) is 22.5 Å². The smallest absolute Gasteiger partial charge is 0.132 e. The molecular formula is C22H21N3. The Kier molecular flexibility index (Phi) is 4.21. The average Bonchev–Trinajstić information content (AvgIpc) is 2.69. The van der Waals surface area contributed by atoms with Crippen molar-refractivity contribution in [2.75, 3.05) is 16.3 Å². The summed E-state index contributed by atoms with van der Waals surface area (Å²) < 4.78 is 0. The number of benzene rings is 2. The molecule has 1 atom stereocenters. The number of anilines is 2. The highest BCUT2D eigenvalue weighted by molar-refractivity contribution is 5.60. The van der Waals surface area contributed by atoms with E-state index in [1.54, 1.807) is 0 Å². The number of pyridine rings is 1. The first kappa shape index (κ1) is 15.5. The van der Waals surface area contributed by atoms with Crippen LogP contribution in [0.25, 0.3) is 0 Å². The summed E-state index contributed by atoms with van der Waals surface area (Å²) in [7, 11) is 0. The summed E-state index contributed by atoms with van der Waals surface area (Å²) in [6.45, 7) is 2.99. The number of aryl methyl sites for hydroxylation is 1. The molecule has 0 saturated heterocycles. The van der Waals surface area contributed by atoms with Gasteiger partial charge in [0.25, 0.3) is 0 Å². The van der Waals surface area contributed by atoms with Gasteiger partial charge in [0.15, 0.2) is 0 Å². The molecule has 1 unspecified atom stereocenters. The lowest BCUT2D eigenvalue weighted by Gasteiger charge is -2.43. The molecule has 3 aromatic rings. The first-order valence-corrected chi connectivity index (χ1v) is 8.56. The van der Waals surface area contributed by atoms with Gasteiger partial charge in [-0.3, -0.25) is 4.98 Å². The van der Waals surface area contributed by atoms with E-state index in [-0.39, 0.29) is 6.17 Å². The maximum absolute atomic E-state index is 4.19. The lowest BCUT2D eigenvalue weighted by Crippen LogP contribution is -2.42. The van der Waals surface area contributed by atoms with Crippen molar-refractivity contribution in [3.63, 3.8) is 0 Å². The number of hydrogen-bond donors (Lipinski definition) is 0. The number of nitrogens with zero attached hydrogens (tertiary/aromatic N) is 3. The Bertz CT molecular complexity index is 841. The van der Waals surface area contributed by atoms with Crippen molar-refractivity contribution in [1.82, 2.24) is 4.98 Å². The summed E-state index contributed by atoms with van der Waals surface area (Å²) in [5, 5.41) is 0. The van der Waals surface area contributed by atoms with Crippen molar-refractivity contribution >= 4 is 11.4 Å². The standard InChI is InChI=1S/C22H21N3/c1-18-8-10-21(11-9-18)25-17-5-16-24(20-6-3-2-4-7-20)22(25)19-12-14-23-15-13-19/h2-15,17,22H,16H2,1H3. The van der Waals surface area contributed by atoms with Gasteiger partial charge in [-0.2, -0.15) is 0 Å². The van der Waals surface area contributed by atoms with Gasteiger partial charge in [0, 0.05) is 36.5 Å². The fourth-order valence-electron chi connectivity index (χ4n) is 3.29. The minimum Gasteiger partial charge on any atom is -0.343 e. The Morgan fingerprint density at radius 2 is 1.56 bits per heavy atom. The minimum absolute atomic E-state index is 0.0955. The third-order valence-corrected chi connectivity index (χ3v) is 4.55. The molecule has 0 spiro atoms. The molecule has 1 aliphatic rings. The molecule has 4 rings (SSSR count). The molecule has 1 aliphatic heterocycles. The Morgan fingerprint density at radius 3 is 2.28 bits per heavy atom. The zero-order valence-corrected chi connectivity index (χ0v) is 14.3. The first-order valence-electron chi connectivity index (χ1n) is 8.56. The molecule has 0 amide bonds. The van der Waals surface area contributed by atoms with E-state index >= 15 is 0 Å². The van der Waals surface area contributed by atoms with Crippen LogP contribution in [0.3, 0.4) is 0 Å². The predicted octanol–water partition coefficient (Wildman–Crippen LogP) is 4.93. The molecule has 0 saturated carbocycles. The maximum atomic E-state index is 4.19. The topological polar surface area (TPSA) is 19.4 Å². The Morgan fingerprint density at radius 1 is 0.840 bits per heavy atom. The molecule has 0 aliphatic carbocycles. The van der Waals surface area contributed by atoms with Crippen molar-refractivity contribution in [2.45, 2.75) is 13.1 Å². The van der Waals surface area contributed by atoms with Gasteiger partial charge in [-0.25, -0.2) is 0 Å². The third kappa shape index (κ3) is 3.13. The molecule has 2 aromatic carbocycles. The SMILES string of the molecule is Cc1ccc(N2C=CCN(c3ccccc3)C2c2ccncc2)cc1. The molecule has 0 N–H and O–H groups in total. The fraction of sp³-hybridized carbons (Fsp3) is 0.136. The molecular weight excluding hydrogens is 306 g/mol. The monoisotopic (exact) mass is 327 g/mol. The molecule has 3 heteroatoms. The molecule has 25 heavy (non-hydrogen) atoms. The molecule has 0 fully saturated rings. The van der Waals surface area contributed by atoms with Crippen LogP contribution in [0.4, 0.5) is 11.4 Å². The number of para-hydroxylation sites is 1. The van der Waals surface area contributed by atoms with Gasteiger partial charge < -0.3 is 9.80 Å². The largest absolute Gasteiger partial charge is 0.343 e. The van der Waals surface area contributed by atoms with E-state index in [9.17, 15) is 0 Å². The van der Waals surface area contributed by atoms with Crippen LogP contribution in [0.15, 0.2) is 91.4 Å². The maximum Gasteiger partial charge on any atom is 0.132 e. The molecule has 2 heterocycles. The van der Waals surface area contributed by atoms with Gasteiger partial charge in [-0.1, -0.05) is 35.9 Å². The van der Waals surface area contributed by atoms with Crippen molar-refractivity contribution in [2.24, 2.45) is 0 Å². The van der Waals surface area contributed by atoms with Crippen LogP contribution in [-0.2, 0) is 0 Å². The summed E-state index contributed by atoms with van der Waals surface area (Å²) in [5.74, 6) is 0. The van der Waals surface area contributed by atoms with Crippen molar-refractivity contribution in [3.05, 3.63) is 103 Å². The molecule has 124 valence electrons. The highest BCUT2D eigenvalue weighted by Crippen LogP contribution is 2.36. The Labute approximate surface area is 148 Å². The second-order valence-corrected chi connectivity index (χ2v) is 6.27. The van der Waals surface area contributed by atoms with Crippen LogP contribution < -0.4 is 9.80 Å². The Balaban J connectivity index is 1.81. The van der Waals surface area contributed by atoms with Crippen LogP contribution in [0, 0.1) is 6.92 Å². The third-order valence-electron chi connectivity index (χ3n) is 4.55. The summed E-state index contributed by atoms with van der Waals surface area (Å²) in [6.07, 6.45) is 8.23. The second-order valence-electron chi connectivity index (χ2n) is 6.27. The van der Waals surface area contributed by atoms with Crippen molar-refractivity contribution in [1.29, 1.82) is 0 Å². The van der Waals surface area contributed by atoms with E-state index in [0.29, 0.717) is 0 Å². The van der Waals surface area contributed by atoms with Crippen molar-refractivity contribution < 1.29 is 0 Å². The zero-order chi connectivity index (χ0) is 17.1. The van der Waals surface area contributed by atoms with Gasteiger partial charge in [0.1, 0.15) is 6.17 Å². The lowest BCUT2D eigenvalue weighted by molar-refractivity contribution is 0.630. The Hall–Kier alpha value is -3.07. The molecule has 0 bridgehead atoms. The first-order chi connectivity index (χ1) is 12.3. The average molecular weight is 327 g/mol. The number of hydrogen-bond acceptors (Lipinski definition) is 3. The summed E-state index contributed by atoms with van der Waals surface area (Å²) in [4.78, 5) is 8.93. The van der Waals surface area contributed by atoms with Gasteiger partial charge in [0.2, 0.25) is 0 Å². The van der Waals surface area contributed by atoms with E-state index in [2.05, 4.69) is 101 Å². The summed E-state index contributed by atoms with van der Waals surface area (Å²) >= 11 is 0. The summed E-state index contributed by atoms with van der Waals surface area (Å²) in [6, 6.07) is 23.5. The number of aromatic nitrogens is 1. The van der Waals surface area contributed by atoms with Gasteiger partial charge in [0.05, 0.1) is 0 Å². The van der Waals surface area contributed by atoms with Gasteiger partial charge in [-0.15, -0.1) is 0 Å². The molecule has 3 nitrogen and oxygen atoms in total. The van der Waals surface area contributed by atoms with E-state index in [4.69, 9.17) is 0 Å². The van der Waals surface area contributed by atoms with E-state index in [1.807, 2.05) is 12.4 Å². The summed E-state index contributed by atoms with van der Waals surface area (Å²) in [5.41, 5.74) is 4.89. The van der Waals surface area contributed by atoms with Crippen LogP contribution >= 0.6 is 0 Å². The van der Waals surface area contributed by atoms with Gasteiger partial charge >= 0.3 is 0 Å². The van der Waals surface area contributed by atoms with Crippen LogP contribution in [-0.4, -0.2) is 11.5 Å². The molecule has 1 aromatic heterocycles. The fourth-order valence-corrected chi connectivity index (χ4v) is 3.29. The van der Waals surface area contributed by atoms with Crippen LogP contribution in [0.1, 0.15) is 17.3 Å². The highest BCUT2D eigenvalue weighted by Gasteiger charge is 2.28. The van der Waals surface area contributed by atoms with Crippen LogP contribution in [0.2, 0.25) is 0 Å². The normalized spacial score (nSPS) is 16.9. The van der Waals surface area contributed by atoms with Gasteiger partial charge in [-0.05, 0) is 55.0 Å². The second kappa shape index (κ2) is 6.81. The minimum atomic E-state index is 0.0955. The zero-order valence-electron chi connectivity index (χ0n) is 14.3. The highest BCUT2D eigenvalue weighted by atomic mass is 15.4. The van der Waals surface area contributed by atoms with Crippen LogP contribution in [0.5, 0.6) is 0 Å². The van der Waals surface area contributed by atoms with Crippen molar-refractivity contribution in [3.8, 4) is 0 Å². The number of rotatable bonds is 3. The predicted molar refractivity (Wildman–Crippen MR) is 104 cm³/mol. The lowest BCUT2D eigenvalue weighted by atomic mass is 10.1. The van der Waals surface area contributed by atoms with E-state index in [0.717, 1.165) is 6.54 Å². The molecule has 0 radical (unpaired) electrons. The van der Waals surface area contributed by atoms with E-state index < -0.39 is 0 Å².